The highest BCUT2D eigenvalue weighted by atomic mass is 35.5. The molecular weight excluding hydrogens is 537 g/mol. The van der Waals surface area contributed by atoms with Gasteiger partial charge in [-0.2, -0.15) is 0 Å². The van der Waals surface area contributed by atoms with E-state index in [1.807, 2.05) is 13.8 Å². The molecule has 2 amide bonds. The number of amides is 2. The van der Waals surface area contributed by atoms with Gasteiger partial charge in [0.05, 0.1) is 27.9 Å². The lowest BCUT2D eigenvalue weighted by atomic mass is 10.0. The van der Waals surface area contributed by atoms with Crippen molar-refractivity contribution in [2.45, 2.75) is 31.6 Å². The number of halogens is 2. The normalized spacial score (nSPS) is 11.7. The van der Waals surface area contributed by atoms with Gasteiger partial charge in [0, 0.05) is 17.3 Å². The minimum absolute atomic E-state index is 0.0368. The van der Waals surface area contributed by atoms with Gasteiger partial charge in [-0.1, -0.05) is 54.9 Å². The van der Waals surface area contributed by atoms with E-state index in [1.54, 1.807) is 22.8 Å². The Balaban J connectivity index is 1.74. The van der Waals surface area contributed by atoms with Gasteiger partial charge in [0.2, 0.25) is 5.91 Å². The van der Waals surface area contributed by atoms with Gasteiger partial charge in [0.15, 0.2) is 11.0 Å². The van der Waals surface area contributed by atoms with Gasteiger partial charge in [0.1, 0.15) is 0 Å². The van der Waals surface area contributed by atoms with Crippen LogP contribution in [0.25, 0.3) is 0 Å². The first-order valence-electron chi connectivity index (χ1n) is 11.2. The smallest absolute Gasteiger partial charge is 0.335 e. The van der Waals surface area contributed by atoms with Crippen molar-refractivity contribution in [1.82, 2.24) is 20.1 Å². The molecule has 2 aromatic carbocycles. The number of rotatable bonds is 11. The van der Waals surface area contributed by atoms with E-state index in [0.29, 0.717) is 28.2 Å². The molecule has 1 heterocycles. The minimum Gasteiger partial charge on any atom is -0.478 e. The minimum atomic E-state index is -1.04. The molecule has 3 rings (SSSR count). The van der Waals surface area contributed by atoms with Crippen molar-refractivity contribution in [2.75, 3.05) is 11.1 Å². The van der Waals surface area contributed by atoms with Gasteiger partial charge >= 0.3 is 5.97 Å². The van der Waals surface area contributed by atoms with E-state index in [-0.39, 0.29) is 39.6 Å². The lowest BCUT2D eigenvalue weighted by molar-refractivity contribution is -0.113. The van der Waals surface area contributed by atoms with Crippen LogP contribution in [0.15, 0.2) is 60.3 Å². The molecule has 1 aromatic heterocycles. The quantitative estimate of drug-likeness (QED) is 0.213. The molecule has 0 unspecified atom stereocenters. The highest BCUT2D eigenvalue weighted by Gasteiger charge is 2.27. The van der Waals surface area contributed by atoms with Gasteiger partial charge in [0.25, 0.3) is 5.91 Å². The standard InChI is InChI=1S/C25H25Cl2N5O4S/c1-4-11-32-22(21(14(2)3)29-23(34)18-10-7-16(26)12-19(18)27)30-31-25(32)37-13-20(33)28-17-8-5-15(6-9-17)24(35)36/h4-10,12,14,21H,1,11,13H2,2-3H3,(H,28,33)(H,29,34)(H,35,36)/t21-/m1/s1. The molecule has 1 atom stereocenters. The Morgan fingerprint density at radius 2 is 1.84 bits per heavy atom. The molecule has 3 N–H and O–H groups in total. The second-order valence-electron chi connectivity index (χ2n) is 8.28. The molecule has 0 spiro atoms. The number of aromatic nitrogens is 3. The molecule has 0 saturated heterocycles. The maximum atomic E-state index is 13.0. The lowest BCUT2D eigenvalue weighted by Gasteiger charge is -2.23. The summed E-state index contributed by atoms with van der Waals surface area (Å²) in [6.07, 6.45) is 1.68. The third-order valence-electron chi connectivity index (χ3n) is 5.21. The Labute approximate surface area is 228 Å². The fourth-order valence-electron chi connectivity index (χ4n) is 3.38. The number of hydrogen-bond acceptors (Lipinski definition) is 6. The number of carboxylic acids is 1. The van der Waals surface area contributed by atoms with E-state index >= 15 is 0 Å². The number of hydrogen-bond donors (Lipinski definition) is 3. The number of carboxylic acid groups (broad SMARTS) is 1. The second-order valence-corrected chi connectivity index (χ2v) is 10.1. The zero-order valence-corrected chi connectivity index (χ0v) is 22.4. The first-order valence-corrected chi connectivity index (χ1v) is 12.9. The highest BCUT2D eigenvalue weighted by Crippen LogP contribution is 2.27. The molecule has 3 aromatic rings. The summed E-state index contributed by atoms with van der Waals surface area (Å²) in [5.41, 5.74) is 0.893. The Kier molecular flexibility index (Phi) is 9.73. The van der Waals surface area contributed by atoms with Crippen LogP contribution in [0.4, 0.5) is 5.69 Å². The summed E-state index contributed by atoms with van der Waals surface area (Å²) in [5.74, 6) is -1.21. The topological polar surface area (TPSA) is 126 Å². The summed E-state index contributed by atoms with van der Waals surface area (Å²) in [6, 6.07) is 10.0. The van der Waals surface area contributed by atoms with E-state index in [2.05, 4.69) is 27.4 Å². The van der Waals surface area contributed by atoms with Crippen molar-refractivity contribution in [3.05, 3.63) is 82.1 Å². The van der Waals surface area contributed by atoms with Crippen LogP contribution in [0.3, 0.4) is 0 Å². The van der Waals surface area contributed by atoms with E-state index < -0.39 is 12.0 Å². The zero-order valence-electron chi connectivity index (χ0n) is 20.1. The van der Waals surface area contributed by atoms with Crippen LogP contribution in [0.1, 0.15) is 46.4 Å². The Hall–Kier alpha value is -3.34. The van der Waals surface area contributed by atoms with Crippen molar-refractivity contribution in [3.63, 3.8) is 0 Å². The maximum absolute atomic E-state index is 13.0. The van der Waals surface area contributed by atoms with Crippen molar-refractivity contribution in [3.8, 4) is 0 Å². The van der Waals surface area contributed by atoms with Crippen LogP contribution >= 0.6 is 35.0 Å². The predicted molar refractivity (Wildman–Crippen MR) is 144 cm³/mol. The number of carbonyl (C=O) groups excluding carboxylic acids is 2. The van der Waals surface area contributed by atoms with Crippen molar-refractivity contribution in [2.24, 2.45) is 5.92 Å². The summed E-state index contributed by atoms with van der Waals surface area (Å²) in [6.45, 7) is 8.05. The van der Waals surface area contributed by atoms with Crippen LogP contribution in [-0.2, 0) is 11.3 Å². The lowest BCUT2D eigenvalue weighted by Crippen LogP contribution is -2.34. The van der Waals surface area contributed by atoms with Crippen LogP contribution in [-0.4, -0.2) is 43.4 Å². The molecule has 0 aliphatic rings. The van der Waals surface area contributed by atoms with E-state index in [0.717, 1.165) is 0 Å². The molecule has 0 aliphatic carbocycles. The molecule has 0 fully saturated rings. The van der Waals surface area contributed by atoms with Gasteiger partial charge in [-0.15, -0.1) is 16.8 Å². The number of anilines is 1. The fourth-order valence-corrected chi connectivity index (χ4v) is 4.63. The number of allylic oxidation sites excluding steroid dienone is 1. The van der Waals surface area contributed by atoms with Crippen molar-refractivity contribution in [1.29, 1.82) is 0 Å². The van der Waals surface area contributed by atoms with Gasteiger partial charge in [-0.05, 0) is 48.4 Å². The maximum Gasteiger partial charge on any atom is 0.335 e. The van der Waals surface area contributed by atoms with Gasteiger partial charge in [-0.25, -0.2) is 4.79 Å². The first-order chi connectivity index (χ1) is 17.6. The molecule has 0 radical (unpaired) electrons. The Morgan fingerprint density at radius 3 is 2.43 bits per heavy atom. The van der Waals surface area contributed by atoms with Gasteiger partial charge in [-0.3, -0.25) is 9.59 Å². The number of nitrogens with zero attached hydrogens (tertiary/aromatic N) is 3. The number of nitrogens with one attached hydrogen (secondary N) is 2. The highest BCUT2D eigenvalue weighted by molar-refractivity contribution is 7.99. The van der Waals surface area contributed by atoms with E-state index in [1.165, 1.54) is 42.1 Å². The van der Waals surface area contributed by atoms with E-state index in [4.69, 9.17) is 28.3 Å². The third kappa shape index (κ3) is 7.34. The fraction of sp³-hybridized carbons (Fsp3) is 0.240. The first kappa shape index (κ1) is 28.2. The molecular formula is C25H25Cl2N5O4S. The van der Waals surface area contributed by atoms with Crippen LogP contribution in [0.5, 0.6) is 0 Å². The Morgan fingerprint density at radius 1 is 1.14 bits per heavy atom. The average molecular weight is 562 g/mol. The third-order valence-corrected chi connectivity index (χ3v) is 6.73. The number of benzene rings is 2. The summed E-state index contributed by atoms with van der Waals surface area (Å²) in [7, 11) is 0. The van der Waals surface area contributed by atoms with Crippen LogP contribution in [0.2, 0.25) is 10.0 Å². The molecule has 0 bridgehead atoms. The van der Waals surface area contributed by atoms with Crippen LogP contribution in [0, 0.1) is 5.92 Å². The largest absolute Gasteiger partial charge is 0.478 e. The molecule has 0 aliphatic heterocycles. The molecule has 12 heteroatoms. The summed E-state index contributed by atoms with van der Waals surface area (Å²) >= 11 is 13.3. The summed E-state index contributed by atoms with van der Waals surface area (Å²) in [4.78, 5) is 36.4. The molecule has 9 nitrogen and oxygen atoms in total. The summed E-state index contributed by atoms with van der Waals surface area (Å²) in [5, 5.41) is 24.4. The number of carbonyl (C=O) groups is 3. The van der Waals surface area contributed by atoms with Crippen LogP contribution < -0.4 is 10.6 Å². The molecule has 0 saturated carbocycles. The van der Waals surface area contributed by atoms with E-state index in [9.17, 15) is 14.4 Å². The second kappa shape index (κ2) is 12.8. The average Bonchev–Trinajstić information content (AvgIpc) is 3.23. The number of thioether (sulfide) groups is 1. The van der Waals surface area contributed by atoms with Crippen molar-refractivity contribution < 1.29 is 19.5 Å². The summed E-state index contributed by atoms with van der Waals surface area (Å²) < 4.78 is 1.79. The zero-order chi connectivity index (χ0) is 27.1. The van der Waals surface area contributed by atoms with Crippen molar-refractivity contribution >= 4 is 58.4 Å². The number of aromatic carboxylic acids is 1. The monoisotopic (exact) mass is 561 g/mol. The molecule has 194 valence electrons. The Bertz CT molecular complexity index is 1310. The SMILES string of the molecule is C=CCn1c(SCC(=O)Nc2ccc(C(=O)O)cc2)nnc1[C@H](NC(=O)c1ccc(Cl)cc1Cl)C(C)C. The van der Waals surface area contributed by atoms with Gasteiger partial charge < -0.3 is 20.3 Å². The predicted octanol–water partition coefficient (Wildman–Crippen LogP) is 5.33. The molecule has 37 heavy (non-hydrogen) atoms.